The van der Waals surface area contributed by atoms with Crippen molar-refractivity contribution in [2.75, 3.05) is 12.8 Å². The molecule has 1 saturated carbocycles. The molecule has 2 atom stereocenters. The molecule has 1 aromatic rings. The molecule has 4 nitrogen and oxygen atoms in total. The minimum Gasteiger partial charge on any atom is -0.357 e. The summed E-state index contributed by atoms with van der Waals surface area (Å²) in [6.45, 7) is 3.57. The number of nitrogens with one attached hydrogen (secondary N) is 2. The van der Waals surface area contributed by atoms with Gasteiger partial charge in [0, 0.05) is 17.8 Å². The van der Waals surface area contributed by atoms with Gasteiger partial charge < -0.3 is 10.6 Å². The van der Waals surface area contributed by atoms with Crippen molar-refractivity contribution in [1.29, 1.82) is 5.26 Å². The predicted octanol–water partition coefficient (Wildman–Crippen LogP) is 3.29. The maximum atomic E-state index is 8.84. The van der Waals surface area contributed by atoms with E-state index in [1.54, 1.807) is 0 Å². The lowest BCUT2D eigenvalue weighted by atomic mass is 9.95. The van der Waals surface area contributed by atoms with E-state index in [0.717, 1.165) is 23.3 Å². The van der Waals surface area contributed by atoms with Crippen molar-refractivity contribution in [3.8, 4) is 6.07 Å². The Hall–Kier alpha value is -1.67. The van der Waals surface area contributed by atoms with Crippen LogP contribution >= 0.6 is 11.8 Å². The number of nitriles is 1. The van der Waals surface area contributed by atoms with Crippen molar-refractivity contribution < 1.29 is 0 Å². The lowest BCUT2D eigenvalue weighted by Crippen LogP contribution is -2.45. The Bertz CT molecular complexity index is 547. The maximum absolute atomic E-state index is 8.84. The normalized spacial score (nSPS) is 21.5. The summed E-state index contributed by atoms with van der Waals surface area (Å²) in [6.07, 6.45) is 7.26. The average Bonchev–Trinajstić information content (AvgIpc) is 2.60. The van der Waals surface area contributed by atoms with E-state index in [9.17, 15) is 0 Å². The third-order valence-electron chi connectivity index (χ3n) is 4.15. The van der Waals surface area contributed by atoms with Crippen molar-refractivity contribution in [3.05, 3.63) is 35.4 Å². The Morgan fingerprint density at radius 2 is 2.13 bits per heavy atom. The van der Waals surface area contributed by atoms with E-state index in [1.807, 2.05) is 36.0 Å². The summed E-state index contributed by atoms with van der Waals surface area (Å²) in [7, 11) is 0. The van der Waals surface area contributed by atoms with Gasteiger partial charge in [-0.2, -0.15) is 17.0 Å². The molecule has 2 N–H and O–H groups in total. The number of hydrogen-bond donors (Lipinski definition) is 2. The van der Waals surface area contributed by atoms with Crippen LogP contribution in [0.5, 0.6) is 0 Å². The molecule has 2 unspecified atom stereocenters. The fourth-order valence-electron chi connectivity index (χ4n) is 2.86. The number of nitrogens with zero attached hydrogens (tertiary/aromatic N) is 2. The van der Waals surface area contributed by atoms with Crippen molar-refractivity contribution in [1.82, 2.24) is 10.6 Å². The number of guanidine groups is 1. The zero-order chi connectivity index (χ0) is 16.5. The van der Waals surface area contributed by atoms with E-state index in [4.69, 9.17) is 5.26 Å². The average molecular weight is 331 g/mol. The summed E-state index contributed by atoms with van der Waals surface area (Å²) >= 11 is 1.98. The van der Waals surface area contributed by atoms with Gasteiger partial charge in [0.2, 0.25) is 0 Å². The summed E-state index contributed by atoms with van der Waals surface area (Å²) in [5.41, 5.74) is 1.81. The van der Waals surface area contributed by atoms with Crippen LogP contribution in [0.3, 0.4) is 0 Å². The molecule has 124 valence electrons. The predicted molar refractivity (Wildman–Crippen MR) is 98.7 cm³/mol. The van der Waals surface area contributed by atoms with Gasteiger partial charge >= 0.3 is 0 Å². The summed E-state index contributed by atoms with van der Waals surface area (Å²) in [5, 5.41) is 16.5. The van der Waals surface area contributed by atoms with Crippen LogP contribution in [0.2, 0.25) is 0 Å². The van der Waals surface area contributed by atoms with Crippen LogP contribution in [-0.2, 0) is 6.54 Å². The van der Waals surface area contributed by atoms with Crippen molar-refractivity contribution >= 4 is 17.7 Å². The number of aliphatic imine (C=N–C) groups is 1. The van der Waals surface area contributed by atoms with Crippen LogP contribution in [0.15, 0.2) is 29.3 Å². The van der Waals surface area contributed by atoms with Gasteiger partial charge in [0.1, 0.15) is 0 Å². The van der Waals surface area contributed by atoms with E-state index < -0.39 is 0 Å². The van der Waals surface area contributed by atoms with Crippen LogP contribution in [-0.4, -0.2) is 30.1 Å². The van der Waals surface area contributed by atoms with E-state index >= 15 is 0 Å². The standard InChI is InChI=1S/C18H26N4S/c1-3-20-18(22-16-5-4-6-17(11-16)23-2)21-13-15-9-7-14(12-19)8-10-15/h7-10,16-17H,3-6,11,13H2,1-2H3,(H2,20,21,22). The second kappa shape index (κ2) is 9.46. The van der Waals surface area contributed by atoms with Gasteiger partial charge in [-0.05, 0) is 50.1 Å². The monoisotopic (exact) mass is 330 g/mol. The highest BCUT2D eigenvalue weighted by molar-refractivity contribution is 7.99. The van der Waals surface area contributed by atoms with E-state index in [1.165, 1.54) is 25.7 Å². The van der Waals surface area contributed by atoms with Gasteiger partial charge in [-0.1, -0.05) is 18.6 Å². The Kier molecular flexibility index (Phi) is 7.28. The molecule has 0 bridgehead atoms. The third kappa shape index (κ3) is 5.80. The third-order valence-corrected chi connectivity index (χ3v) is 5.24. The molecule has 0 aliphatic heterocycles. The summed E-state index contributed by atoms with van der Waals surface area (Å²) in [4.78, 5) is 4.69. The second-order valence-corrected chi connectivity index (χ2v) is 7.01. The smallest absolute Gasteiger partial charge is 0.191 e. The van der Waals surface area contributed by atoms with Crippen LogP contribution in [0.25, 0.3) is 0 Å². The maximum Gasteiger partial charge on any atom is 0.191 e. The van der Waals surface area contributed by atoms with Crippen molar-refractivity contribution in [2.24, 2.45) is 4.99 Å². The van der Waals surface area contributed by atoms with Crippen LogP contribution in [0, 0.1) is 11.3 Å². The van der Waals surface area contributed by atoms with Gasteiger partial charge in [0.15, 0.2) is 5.96 Å². The lowest BCUT2D eigenvalue weighted by molar-refractivity contribution is 0.419. The van der Waals surface area contributed by atoms with Crippen LogP contribution in [0.1, 0.15) is 43.7 Å². The summed E-state index contributed by atoms with van der Waals surface area (Å²) in [6, 6.07) is 10.3. The lowest BCUT2D eigenvalue weighted by Gasteiger charge is -2.29. The van der Waals surface area contributed by atoms with Gasteiger partial charge in [-0.25, -0.2) is 4.99 Å². The number of hydrogen-bond acceptors (Lipinski definition) is 3. The first-order valence-corrected chi connectivity index (χ1v) is 9.60. The molecule has 1 aliphatic carbocycles. The van der Waals surface area contributed by atoms with Gasteiger partial charge in [-0.15, -0.1) is 0 Å². The Balaban J connectivity index is 1.94. The number of benzene rings is 1. The van der Waals surface area contributed by atoms with E-state index in [0.29, 0.717) is 18.2 Å². The van der Waals surface area contributed by atoms with Gasteiger partial charge in [-0.3, -0.25) is 0 Å². The van der Waals surface area contributed by atoms with Gasteiger partial charge in [0.25, 0.3) is 0 Å². The summed E-state index contributed by atoms with van der Waals surface area (Å²) < 4.78 is 0. The molecule has 0 aromatic heterocycles. The highest BCUT2D eigenvalue weighted by Gasteiger charge is 2.21. The summed E-state index contributed by atoms with van der Waals surface area (Å²) in [5.74, 6) is 0.892. The molecule has 0 spiro atoms. The number of rotatable bonds is 5. The van der Waals surface area contributed by atoms with E-state index in [-0.39, 0.29) is 0 Å². The number of thioether (sulfide) groups is 1. The Labute approximate surface area is 143 Å². The SMILES string of the molecule is CCNC(=NCc1ccc(C#N)cc1)NC1CCCC(SC)C1. The molecule has 23 heavy (non-hydrogen) atoms. The largest absolute Gasteiger partial charge is 0.357 e. The first kappa shape index (κ1) is 17.7. The molecule has 0 radical (unpaired) electrons. The van der Waals surface area contributed by atoms with Crippen molar-refractivity contribution in [3.63, 3.8) is 0 Å². The topological polar surface area (TPSA) is 60.2 Å². The zero-order valence-corrected chi connectivity index (χ0v) is 14.8. The second-order valence-electron chi connectivity index (χ2n) is 5.87. The minimum absolute atomic E-state index is 0.514. The molecular formula is C18H26N4S. The molecule has 1 aromatic carbocycles. The quantitative estimate of drug-likeness (QED) is 0.642. The first-order valence-electron chi connectivity index (χ1n) is 8.31. The van der Waals surface area contributed by atoms with Crippen molar-refractivity contribution in [2.45, 2.75) is 50.4 Å². The molecule has 0 amide bonds. The molecule has 0 saturated heterocycles. The fourth-order valence-corrected chi connectivity index (χ4v) is 3.69. The van der Waals surface area contributed by atoms with Crippen LogP contribution in [0.4, 0.5) is 0 Å². The fraction of sp³-hybridized carbons (Fsp3) is 0.556. The highest BCUT2D eigenvalue weighted by atomic mass is 32.2. The van der Waals surface area contributed by atoms with E-state index in [2.05, 4.69) is 34.9 Å². The first-order chi connectivity index (χ1) is 11.2. The molecular weight excluding hydrogens is 304 g/mol. The van der Waals surface area contributed by atoms with Gasteiger partial charge in [0.05, 0.1) is 18.2 Å². The molecule has 1 aliphatic rings. The molecule has 5 heteroatoms. The molecule has 1 fully saturated rings. The Morgan fingerprint density at radius 1 is 1.35 bits per heavy atom. The Morgan fingerprint density at radius 3 is 2.78 bits per heavy atom. The molecule has 0 heterocycles. The minimum atomic E-state index is 0.514. The zero-order valence-electron chi connectivity index (χ0n) is 14.0. The highest BCUT2D eigenvalue weighted by Crippen LogP contribution is 2.26. The molecule has 2 rings (SSSR count). The van der Waals surface area contributed by atoms with Crippen LogP contribution < -0.4 is 10.6 Å².